The Morgan fingerprint density at radius 1 is 1.53 bits per heavy atom. The van der Waals surface area contributed by atoms with Gasteiger partial charge in [0, 0.05) is 23.3 Å². The second-order valence-electron chi connectivity index (χ2n) is 3.04. The summed E-state index contributed by atoms with van der Waals surface area (Å²) >= 11 is 1.50. The molecule has 0 radical (unpaired) electrons. The maximum atomic E-state index is 12.9. The van der Waals surface area contributed by atoms with Gasteiger partial charge in [0.25, 0.3) is 0 Å². The first-order valence-corrected chi connectivity index (χ1v) is 5.56. The van der Waals surface area contributed by atoms with Crippen molar-refractivity contribution >= 4 is 17.5 Å². The Bertz CT molecular complexity index is 352. The lowest BCUT2D eigenvalue weighted by Gasteiger charge is -2.06. The fraction of sp³-hybridized carbons (Fsp3) is 0.364. The molecule has 0 aromatic heterocycles. The highest BCUT2D eigenvalue weighted by atomic mass is 32.2. The molecule has 2 nitrogen and oxygen atoms in total. The van der Waals surface area contributed by atoms with E-state index in [-0.39, 0.29) is 11.6 Å². The van der Waals surface area contributed by atoms with Crippen LogP contribution in [0.25, 0.3) is 0 Å². The van der Waals surface area contributed by atoms with Crippen molar-refractivity contribution in [1.82, 2.24) is 0 Å². The quantitative estimate of drug-likeness (QED) is 0.440. The van der Waals surface area contributed by atoms with Gasteiger partial charge in [-0.25, -0.2) is 4.39 Å². The molecule has 0 aliphatic heterocycles. The van der Waals surface area contributed by atoms with Crippen molar-refractivity contribution in [3.05, 3.63) is 29.6 Å². The van der Waals surface area contributed by atoms with Crippen LogP contribution in [-0.4, -0.2) is 25.3 Å². The van der Waals surface area contributed by atoms with Crippen molar-refractivity contribution in [1.29, 1.82) is 0 Å². The number of ketones is 1. The highest BCUT2D eigenvalue weighted by Gasteiger charge is 2.08. The van der Waals surface area contributed by atoms with Crippen LogP contribution in [0.1, 0.15) is 17.3 Å². The van der Waals surface area contributed by atoms with E-state index in [2.05, 4.69) is 0 Å². The molecule has 0 heterocycles. The summed E-state index contributed by atoms with van der Waals surface area (Å²) in [4.78, 5) is 12.0. The van der Waals surface area contributed by atoms with E-state index < -0.39 is 0 Å². The molecular formula is C11H13FO2S. The van der Waals surface area contributed by atoms with E-state index in [1.165, 1.54) is 30.8 Å². The van der Waals surface area contributed by atoms with Crippen molar-refractivity contribution in [3.63, 3.8) is 0 Å². The SMILES string of the molecule is COCCSc1ccc(F)cc1C(C)=O. The van der Waals surface area contributed by atoms with Crippen molar-refractivity contribution in [3.8, 4) is 0 Å². The highest BCUT2D eigenvalue weighted by Crippen LogP contribution is 2.23. The molecule has 0 N–H and O–H groups in total. The number of carbonyl (C=O) groups excluding carboxylic acids is 1. The fourth-order valence-corrected chi connectivity index (χ4v) is 2.13. The largest absolute Gasteiger partial charge is 0.384 e. The van der Waals surface area contributed by atoms with Gasteiger partial charge in [-0.1, -0.05) is 0 Å². The molecule has 0 saturated carbocycles. The zero-order chi connectivity index (χ0) is 11.3. The monoisotopic (exact) mass is 228 g/mol. The molecule has 1 rings (SSSR count). The Hall–Kier alpha value is -0.870. The third kappa shape index (κ3) is 3.64. The predicted molar refractivity (Wildman–Crippen MR) is 59.0 cm³/mol. The lowest BCUT2D eigenvalue weighted by molar-refractivity contribution is 0.101. The van der Waals surface area contributed by atoms with Crippen molar-refractivity contribution in [2.75, 3.05) is 19.5 Å². The van der Waals surface area contributed by atoms with Crippen molar-refractivity contribution in [2.45, 2.75) is 11.8 Å². The molecule has 0 atom stereocenters. The van der Waals surface area contributed by atoms with Gasteiger partial charge in [-0.15, -0.1) is 11.8 Å². The number of thioether (sulfide) groups is 1. The van der Waals surface area contributed by atoms with Gasteiger partial charge >= 0.3 is 0 Å². The molecule has 0 amide bonds. The van der Waals surface area contributed by atoms with E-state index in [1.54, 1.807) is 13.2 Å². The van der Waals surface area contributed by atoms with Crippen LogP contribution in [-0.2, 0) is 4.74 Å². The van der Waals surface area contributed by atoms with Gasteiger partial charge in [0.05, 0.1) is 6.61 Å². The van der Waals surface area contributed by atoms with Crippen LogP contribution in [0.5, 0.6) is 0 Å². The number of hydrogen-bond acceptors (Lipinski definition) is 3. The van der Waals surface area contributed by atoms with E-state index in [0.29, 0.717) is 12.2 Å². The van der Waals surface area contributed by atoms with Gasteiger partial charge in [0.15, 0.2) is 5.78 Å². The van der Waals surface area contributed by atoms with E-state index >= 15 is 0 Å². The lowest BCUT2D eigenvalue weighted by atomic mass is 10.1. The number of ether oxygens (including phenoxy) is 1. The number of halogens is 1. The lowest BCUT2D eigenvalue weighted by Crippen LogP contribution is -1.98. The molecule has 15 heavy (non-hydrogen) atoms. The molecule has 0 fully saturated rings. The number of rotatable bonds is 5. The van der Waals surface area contributed by atoms with Crippen LogP contribution < -0.4 is 0 Å². The van der Waals surface area contributed by atoms with Gasteiger partial charge in [-0.05, 0) is 25.1 Å². The Balaban J connectivity index is 2.81. The summed E-state index contributed by atoms with van der Waals surface area (Å²) < 4.78 is 17.8. The van der Waals surface area contributed by atoms with E-state index in [4.69, 9.17) is 4.74 Å². The summed E-state index contributed by atoms with van der Waals surface area (Å²) in [5.74, 6) is 0.258. The van der Waals surface area contributed by atoms with Gasteiger partial charge in [-0.2, -0.15) is 0 Å². The minimum Gasteiger partial charge on any atom is -0.384 e. The number of carbonyl (C=O) groups is 1. The maximum Gasteiger partial charge on any atom is 0.161 e. The average molecular weight is 228 g/mol. The number of Topliss-reactive ketones (excluding diaryl/α,β-unsaturated/α-hetero) is 1. The Morgan fingerprint density at radius 3 is 2.87 bits per heavy atom. The minimum atomic E-state index is -0.378. The molecule has 0 aliphatic carbocycles. The van der Waals surface area contributed by atoms with Crippen LogP contribution in [0.2, 0.25) is 0 Å². The normalized spacial score (nSPS) is 10.3. The molecule has 1 aromatic rings. The maximum absolute atomic E-state index is 12.9. The third-order valence-corrected chi connectivity index (χ3v) is 2.90. The molecule has 0 unspecified atom stereocenters. The van der Waals surface area contributed by atoms with E-state index in [0.717, 1.165) is 10.6 Å². The summed E-state index contributed by atoms with van der Waals surface area (Å²) in [6, 6.07) is 4.27. The Morgan fingerprint density at radius 2 is 2.27 bits per heavy atom. The van der Waals surface area contributed by atoms with Crippen LogP contribution in [0.3, 0.4) is 0 Å². The molecular weight excluding hydrogens is 215 g/mol. The number of hydrogen-bond donors (Lipinski definition) is 0. The second kappa shape index (κ2) is 5.88. The molecule has 0 spiro atoms. The van der Waals surface area contributed by atoms with Crippen molar-refractivity contribution < 1.29 is 13.9 Å². The number of methoxy groups -OCH3 is 1. The Labute approximate surface area is 92.8 Å². The standard InChI is InChI=1S/C11H13FO2S/c1-8(13)10-7-9(12)3-4-11(10)15-6-5-14-2/h3-4,7H,5-6H2,1-2H3. The average Bonchev–Trinajstić information content (AvgIpc) is 2.20. The topological polar surface area (TPSA) is 26.3 Å². The third-order valence-electron chi connectivity index (χ3n) is 1.87. The van der Waals surface area contributed by atoms with Gasteiger partial charge < -0.3 is 4.74 Å². The van der Waals surface area contributed by atoms with E-state index in [1.807, 2.05) is 0 Å². The van der Waals surface area contributed by atoms with Gasteiger partial charge in [0.2, 0.25) is 0 Å². The second-order valence-corrected chi connectivity index (χ2v) is 4.17. The first kappa shape index (κ1) is 12.2. The first-order chi connectivity index (χ1) is 7.15. The van der Waals surface area contributed by atoms with Crippen molar-refractivity contribution in [2.24, 2.45) is 0 Å². The van der Waals surface area contributed by atoms with Crippen LogP contribution in [0.4, 0.5) is 4.39 Å². The molecule has 82 valence electrons. The number of benzene rings is 1. The van der Waals surface area contributed by atoms with Crippen LogP contribution in [0.15, 0.2) is 23.1 Å². The summed E-state index contributed by atoms with van der Waals surface area (Å²) in [6.07, 6.45) is 0. The molecule has 0 aliphatic rings. The minimum absolute atomic E-state index is 0.116. The summed E-state index contributed by atoms with van der Waals surface area (Å²) in [7, 11) is 1.62. The zero-order valence-corrected chi connectivity index (χ0v) is 9.57. The molecule has 1 aromatic carbocycles. The zero-order valence-electron chi connectivity index (χ0n) is 8.75. The van der Waals surface area contributed by atoms with Crippen LogP contribution >= 0.6 is 11.8 Å². The van der Waals surface area contributed by atoms with Crippen LogP contribution in [0, 0.1) is 5.82 Å². The fourth-order valence-electron chi connectivity index (χ4n) is 1.14. The predicted octanol–water partition coefficient (Wildman–Crippen LogP) is 2.77. The van der Waals surface area contributed by atoms with Gasteiger partial charge in [-0.3, -0.25) is 4.79 Å². The highest BCUT2D eigenvalue weighted by molar-refractivity contribution is 7.99. The molecule has 0 saturated heterocycles. The molecule has 4 heteroatoms. The smallest absolute Gasteiger partial charge is 0.161 e. The summed E-state index contributed by atoms with van der Waals surface area (Å²) in [5.41, 5.74) is 0.441. The molecule has 0 bridgehead atoms. The first-order valence-electron chi connectivity index (χ1n) is 4.57. The van der Waals surface area contributed by atoms with E-state index in [9.17, 15) is 9.18 Å². The summed E-state index contributed by atoms with van der Waals surface area (Å²) in [6.45, 7) is 2.05. The van der Waals surface area contributed by atoms with Gasteiger partial charge in [0.1, 0.15) is 5.82 Å². The summed E-state index contributed by atoms with van der Waals surface area (Å²) in [5, 5.41) is 0. The Kier molecular flexibility index (Phi) is 4.78.